The summed E-state index contributed by atoms with van der Waals surface area (Å²) in [7, 11) is 0. The molecule has 0 radical (unpaired) electrons. The third-order valence-corrected chi connectivity index (χ3v) is 5.33. The molecular weight excluding hydrogens is 390 g/mol. The maximum atomic E-state index is 12.9. The quantitative estimate of drug-likeness (QED) is 0.672. The van der Waals surface area contributed by atoms with Gasteiger partial charge >= 0.3 is 0 Å². The van der Waals surface area contributed by atoms with Crippen LogP contribution in [0.1, 0.15) is 39.3 Å². The van der Waals surface area contributed by atoms with Gasteiger partial charge < -0.3 is 14.7 Å². The highest BCUT2D eigenvalue weighted by Gasteiger charge is 2.23. The van der Waals surface area contributed by atoms with Crippen molar-refractivity contribution < 1.29 is 14.1 Å². The average molecular weight is 410 g/mol. The molecule has 0 atom stereocenters. The zero-order valence-corrected chi connectivity index (χ0v) is 16.7. The molecule has 29 heavy (non-hydrogen) atoms. The van der Waals surface area contributed by atoms with Crippen molar-refractivity contribution in [3.05, 3.63) is 70.4 Å². The van der Waals surface area contributed by atoms with Crippen molar-refractivity contribution in [2.75, 3.05) is 18.4 Å². The number of hydrogen-bond donors (Lipinski definition) is 1. The van der Waals surface area contributed by atoms with Crippen LogP contribution in [0.25, 0.3) is 11.3 Å². The number of nitrogens with zero attached hydrogens (tertiary/aromatic N) is 2. The number of carbonyl (C=O) groups is 2. The van der Waals surface area contributed by atoms with Crippen molar-refractivity contribution in [3.63, 3.8) is 0 Å². The van der Waals surface area contributed by atoms with Crippen LogP contribution in [0.3, 0.4) is 0 Å². The van der Waals surface area contributed by atoms with Gasteiger partial charge in [-0.25, -0.2) is 0 Å². The first-order chi connectivity index (χ1) is 14.0. The number of rotatable bonds is 4. The van der Waals surface area contributed by atoms with Gasteiger partial charge in [-0.05, 0) is 50.1 Å². The van der Waals surface area contributed by atoms with E-state index >= 15 is 0 Å². The van der Waals surface area contributed by atoms with Crippen molar-refractivity contribution in [2.45, 2.75) is 19.8 Å². The molecule has 0 spiro atoms. The lowest BCUT2D eigenvalue weighted by molar-refractivity contribution is 0.0792. The second kappa shape index (κ2) is 8.09. The fraction of sp³-hybridized carbons (Fsp3) is 0.227. The first-order valence-corrected chi connectivity index (χ1v) is 9.84. The monoisotopic (exact) mass is 409 g/mol. The molecular formula is C22H20ClN3O3. The number of hydrogen-bond acceptors (Lipinski definition) is 4. The van der Waals surface area contributed by atoms with Crippen molar-refractivity contribution in [2.24, 2.45) is 0 Å². The third-order valence-electron chi connectivity index (χ3n) is 5.00. The lowest BCUT2D eigenvalue weighted by Crippen LogP contribution is -2.27. The molecule has 2 heterocycles. The molecule has 1 aliphatic heterocycles. The molecule has 2 amide bonds. The summed E-state index contributed by atoms with van der Waals surface area (Å²) in [5.74, 6) is 0.0757. The summed E-state index contributed by atoms with van der Waals surface area (Å²) in [5.41, 5.74) is 2.55. The largest absolute Gasteiger partial charge is 0.360 e. The van der Waals surface area contributed by atoms with Gasteiger partial charge in [0, 0.05) is 29.9 Å². The average Bonchev–Trinajstić information content (AvgIpc) is 3.38. The van der Waals surface area contributed by atoms with Crippen LogP contribution in [0, 0.1) is 6.92 Å². The molecule has 0 saturated carbocycles. The highest BCUT2D eigenvalue weighted by Crippen LogP contribution is 2.31. The van der Waals surface area contributed by atoms with Gasteiger partial charge in [0.2, 0.25) is 0 Å². The van der Waals surface area contributed by atoms with Crippen molar-refractivity contribution in [3.8, 4) is 11.3 Å². The maximum absolute atomic E-state index is 12.9. The van der Waals surface area contributed by atoms with Crippen LogP contribution in [-0.4, -0.2) is 35.0 Å². The fourth-order valence-electron chi connectivity index (χ4n) is 3.47. The van der Waals surface area contributed by atoms with Crippen LogP contribution in [0.2, 0.25) is 5.02 Å². The van der Waals surface area contributed by atoms with Crippen molar-refractivity contribution in [1.82, 2.24) is 10.1 Å². The van der Waals surface area contributed by atoms with E-state index in [1.165, 1.54) is 0 Å². The summed E-state index contributed by atoms with van der Waals surface area (Å²) < 4.78 is 5.25. The number of anilines is 1. The lowest BCUT2D eigenvalue weighted by atomic mass is 10.1. The highest BCUT2D eigenvalue weighted by molar-refractivity contribution is 6.33. The third kappa shape index (κ3) is 3.89. The maximum Gasteiger partial charge on any atom is 0.261 e. The molecule has 0 bridgehead atoms. The minimum absolute atomic E-state index is 0.0243. The Morgan fingerprint density at radius 2 is 1.76 bits per heavy atom. The number of likely N-dealkylation sites (tertiary alicyclic amines) is 1. The van der Waals surface area contributed by atoms with Gasteiger partial charge in [-0.1, -0.05) is 35.0 Å². The predicted molar refractivity (Wildman–Crippen MR) is 111 cm³/mol. The van der Waals surface area contributed by atoms with Gasteiger partial charge in [0.15, 0.2) is 0 Å². The van der Waals surface area contributed by atoms with E-state index in [4.69, 9.17) is 16.1 Å². The van der Waals surface area contributed by atoms with Crippen molar-refractivity contribution in [1.29, 1.82) is 0 Å². The lowest BCUT2D eigenvalue weighted by Gasteiger charge is -2.15. The number of aryl methyl sites for hydroxylation is 1. The van der Waals surface area contributed by atoms with Crippen LogP contribution in [0.15, 0.2) is 53.1 Å². The van der Waals surface area contributed by atoms with Crippen molar-refractivity contribution >= 4 is 29.1 Å². The number of amides is 2. The summed E-state index contributed by atoms with van der Waals surface area (Å²) in [5, 5.41) is 7.35. The number of carbonyl (C=O) groups excluding carboxylic acids is 2. The SMILES string of the molecule is Cc1onc(-c2ccccc2Cl)c1C(=O)Nc1ccc(C(=O)N2CCCC2)cc1. The van der Waals surface area contributed by atoms with Crippen LogP contribution in [-0.2, 0) is 0 Å². The van der Waals surface area contributed by atoms with Crippen LogP contribution in [0.5, 0.6) is 0 Å². The molecule has 1 aromatic heterocycles. The number of aromatic nitrogens is 1. The van der Waals surface area contributed by atoms with E-state index in [0.717, 1.165) is 25.9 Å². The first kappa shape index (κ1) is 19.2. The highest BCUT2D eigenvalue weighted by atomic mass is 35.5. The Kier molecular flexibility index (Phi) is 5.36. The number of benzene rings is 2. The zero-order chi connectivity index (χ0) is 20.4. The van der Waals surface area contributed by atoms with Crippen LogP contribution >= 0.6 is 11.6 Å². The Balaban J connectivity index is 1.54. The Labute approximate surface area is 173 Å². The minimum atomic E-state index is -0.350. The molecule has 6 nitrogen and oxygen atoms in total. The van der Waals surface area contributed by atoms with E-state index in [1.54, 1.807) is 43.3 Å². The summed E-state index contributed by atoms with van der Waals surface area (Å²) in [4.78, 5) is 27.2. The fourth-order valence-corrected chi connectivity index (χ4v) is 3.69. The molecule has 2 aromatic carbocycles. The predicted octanol–water partition coefficient (Wildman–Crippen LogP) is 4.79. The van der Waals surface area contributed by atoms with Gasteiger partial charge in [0.05, 0.1) is 5.02 Å². The molecule has 4 rings (SSSR count). The van der Waals surface area contributed by atoms with E-state index < -0.39 is 0 Å². The second-order valence-electron chi connectivity index (χ2n) is 6.97. The van der Waals surface area contributed by atoms with Gasteiger partial charge in [-0.15, -0.1) is 0 Å². The zero-order valence-electron chi connectivity index (χ0n) is 15.9. The van der Waals surface area contributed by atoms with Gasteiger partial charge in [-0.2, -0.15) is 0 Å². The summed E-state index contributed by atoms with van der Waals surface area (Å²) in [6.07, 6.45) is 2.09. The Bertz CT molecular complexity index is 1050. The Morgan fingerprint density at radius 3 is 2.45 bits per heavy atom. The molecule has 3 aromatic rings. The van der Waals surface area contributed by atoms with E-state index in [9.17, 15) is 9.59 Å². The molecule has 1 fully saturated rings. The number of nitrogens with one attached hydrogen (secondary N) is 1. The number of halogens is 1. The molecule has 0 unspecified atom stereocenters. The summed E-state index contributed by atoms with van der Waals surface area (Å²) >= 11 is 6.26. The topological polar surface area (TPSA) is 75.4 Å². The molecule has 1 saturated heterocycles. The molecule has 148 valence electrons. The molecule has 1 aliphatic rings. The van der Waals surface area contributed by atoms with Crippen LogP contribution < -0.4 is 5.32 Å². The van der Waals surface area contributed by atoms with E-state index in [-0.39, 0.29) is 11.8 Å². The smallest absolute Gasteiger partial charge is 0.261 e. The second-order valence-corrected chi connectivity index (χ2v) is 7.38. The Morgan fingerprint density at radius 1 is 1.07 bits per heavy atom. The summed E-state index contributed by atoms with van der Waals surface area (Å²) in [6, 6.07) is 14.1. The van der Waals surface area contributed by atoms with E-state index in [2.05, 4.69) is 10.5 Å². The Hall–Kier alpha value is -3.12. The van der Waals surface area contributed by atoms with Gasteiger partial charge in [0.1, 0.15) is 17.0 Å². The first-order valence-electron chi connectivity index (χ1n) is 9.46. The van der Waals surface area contributed by atoms with Crippen LogP contribution in [0.4, 0.5) is 5.69 Å². The standard InChI is InChI=1S/C22H20ClN3O3/c1-14-19(20(25-29-14)17-6-2-3-7-18(17)23)21(27)24-16-10-8-15(9-11-16)22(28)26-12-4-5-13-26/h2-3,6-11H,4-5,12-13H2,1H3,(H,24,27). The van der Waals surface area contributed by atoms with E-state index in [1.807, 2.05) is 17.0 Å². The summed E-state index contributed by atoms with van der Waals surface area (Å²) in [6.45, 7) is 3.28. The van der Waals surface area contributed by atoms with E-state index in [0.29, 0.717) is 38.9 Å². The minimum Gasteiger partial charge on any atom is -0.360 e. The molecule has 1 N–H and O–H groups in total. The molecule has 0 aliphatic carbocycles. The normalized spacial score (nSPS) is 13.5. The van der Waals surface area contributed by atoms with Gasteiger partial charge in [-0.3, -0.25) is 9.59 Å². The van der Waals surface area contributed by atoms with Gasteiger partial charge in [0.25, 0.3) is 11.8 Å². The molecule has 7 heteroatoms.